The summed E-state index contributed by atoms with van der Waals surface area (Å²) < 4.78 is 0. The van der Waals surface area contributed by atoms with Gasteiger partial charge in [-0.15, -0.1) is 23.1 Å². The zero-order valence-electron chi connectivity index (χ0n) is 14.8. The van der Waals surface area contributed by atoms with Gasteiger partial charge in [0.2, 0.25) is 0 Å². The van der Waals surface area contributed by atoms with Crippen LogP contribution in [0.2, 0.25) is 0 Å². The van der Waals surface area contributed by atoms with Crippen molar-refractivity contribution in [3.05, 3.63) is 57.8 Å². The first-order chi connectivity index (χ1) is 12.6. The molecule has 0 atom stereocenters. The van der Waals surface area contributed by atoms with Crippen molar-refractivity contribution in [3.63, 3.8) is 0 Å². The summed E-state index contributed by atoms with van der Waals surface area (Å²) in [6, 6.07) is 11.6. The molecule has 1 aromatic heterocycles. The first-order valence-corrected chi connectivity index (χ1v) is 10.8. The number of rotatable bonds is 2. The average Bonchev–Trinajstić information content (AvgIpc) is 3.32. The highest BCUT2D eigenvalue weighted by molar-refractivity contribution is 8.00. The Labute approximate surface area is 162 Å². The minimum absolute atomic E-state index is 0.0963. The van der Waals surface area contributed by atoms with Gasteiger partial charge < -0.3 is 9.80 Å². The minimum atomic E-state index is -0.148. The van der Waals surface area contributed by atoms with E-state index in [1.54, 1.807) is 0 Å². The molecule has 2 saturated heterocycles. The number of thioether (sulfide) groups is 1. The molecule has 0 saturated carbocycles. The van der Waals surface area contributed by atoms with Gasteiger partial charge in [-0.25, -0.2) is 0 Å². The summed E-state index contributed by atoms with van der Waals surface area (Å²) in [5, 5.41) is 1.95. The lowest BCUT2D eigenvalue weighted by Gasteiger charge is -2.44. The van der Waals surface area contributed by atoms with Crippen LogP contribution in [0.15, 0.2) is 41.8 Å². The number of piperidine rings is 1. The maximum atomic E-state index is 12.9. The number of hydrogen-bond acceptors (Lipinski definition) is 4. The van der Waals surface area contributed by atoms with Gasteiger partial charge in [0, 0.05) is 31.0 Å². The number of benzene rings is 1. The van der Waals surface area contributed by atoms with Crippen LogP contribution >= 0.6 is 23.1 Å². The Balaban J connectivity index is 1.46. The van der Waals surface area contributed by atoms with Crippen molar-refractivity contribution in [3.8, 4) is 0 Å². The van der Waals surface area contributed by atoms with Crippen molar-refractivity contribution in [1.29, 1.82) is 0 Å². The van der Waals surface area contributed by atoms with Crippen LogP contribution in [-0.4, -0.2) is 51.9 Å². The van der Waals surface area contributed by atoms with Crippen molar-refractivity contribution in [2.24, 2.45) is 0 Å². The normalized spacial score (nSPS) is 19.1. The van der Waals surface area contributed by atoms with E-state index in [1.807, 2.05) is 65.4 Å². The van der Waals surface area contributed by atoms with Crippen LogP contribution in [0.5, 0.6) is 0 Å². The van der Waals surface area contributed by atoms with Crippen LogP contribution in [0.3, 0.4) is 0 Å². The smallest absolute Gasteiger partial charge is 0.265 e. The fourth-order valence-corrected chi connectivity index (χ4v) is 5.91. The molecule has 0 bridgehead atoms. The second-order valence-corrected chi connectivity index (χ2v) is 9.29. The lowest BCUT2D eigenvalue weighted by molar-refractivity contribution is 0.0501. The van der Waals surface area contributed by atoms with Crippen LogP contribution < -0.4 is 0 Å². The molecule has 4 nitrogen and oxygen atoms in total. The summed E-state index contributed by atoms with van der Waals surface area (Å²) in [5.41, 5.74) is 1.90. The van der Waals surface area contributed by atoms with Crippen molar-refractivity contribution in [1.82, 2.24) is 9.80 Å². The molecule has 1 spiro atoms. The Morgan fingerprint density at radius 1 is 1.00 bits per heavy atom. The Morgan fingerprint density at radius 3 is 2.38 bits per heavy atom. The maximum absolute atomic E-state index is 12.9. The topological polar surface area (TPSA) is 40.6 Å². The van der Waals surface area contributed by atoms with Crippen molar-refractivity contribution in [2.45, 2.75) is 24.6 Å². The lowest BCUT2D eigenvalue weighted by Crippen LogP contribution is -2.53. The zero-order valence-corrected chi connectivity index (χ0v) is 16.4. The van der Waals surface area contributed by atoms with E-state index in [-0.39, 0.29) is 16.7 Å². The second kappa shape index (κ2) is 7.08. The molecule has 4 rings (SSSR count). The van der Waals surface area contributed by atoms with Crippen LogP contribution in [0.25, 0.3) is 0 Å². The Hall–Kier alpha value is -1.79. The molecule has 0 unspecified atom stereocenters. The Morgan fingerprint density at radius 2 is 1.73 bits per heavy atom. The molecule has 1 aromatic carbocycles. The number of amides is 2. The fraction of sp³-hybridized carbons (Fsp3) is 0.400. The number of thiophene rings is 1. The fourth-order valence-electron chi connectivity index (χ4n) is 3.78. The molecular formula is C20H22N2O2S2. The average molecular weight is 387 g/mol. The molecule has 3 heterocycles. The Bertz CT molecular complexity index is 794. The van der Waals surface area contributed by atoms with Gasteiger partial charge in [0.15, 0.2) is 0 Å². The van der Waals surface area contributed by atoms with E-state index in [0.29, 0.717) is 13.1 Å². The number of aryl methyl sites for hydroxylation is 1. The molecule has 2 fully saturated rings. The molecule has 2 aromatic rings. The first kappa shape index (κ1) is 17.6. The number of likely N-dealkylation sites (tertiary alicyclic amines) is 1. The highest BCUT2D eigenvalue weighted by atomic mass is 32.2. The third kappa shape index (κ3) is 3.16. The molecule has 26 heavy (non-hydrogen) atoms. The quantitative estimate of drug-likeness (QED) is 0.786. The van der Waals surface area contributed by atoms with E-state index in [9.17, 15) is 9.59 Å². The zero-order chi connectivity index (χ0) is 18.1. The van der Waals surface area contributed by atoms with Gasteiger partial charge in [-0.2, -0.15) is 0 Å². The number of carbonyl (C=O) groups is 2. The number of hydrogen-bond donors (Lipinski definition) is 0. The van der Waals surface area contributed by atoms with Crippen LogP contribution in [0.4, 0.5) is 0 Å². The monoisotopic (exact) mass is 386 g/mol. The third-order valence-corrected chi connectivity index (χ3v) is 7.70. The third-order valence-electron chi connectivity index (χ3n) is 5.29. The molecule has 0 aliphatic carbocycles. The van der Waals surface area contributed by atoms with Gasteiger partial charge in [0.05, 0.1) is 9.75 Å². The van der Waals surface area contributed by atoms with Crippen LogP contribution in [0.1, 0.15) is 38.4 Å². The second-order valence-electron chi connectivity index (χ2n) is 6.89. The molecule has 2 amide bonds. The van der Waals surface area contributed by atoms with Gasteiger partial charge in [-0.1, -0.05) is 23.8 Å². The van der Waals surface area contributed by atoms with Crippen molar-refractivity contribution in [2.75, 3.05) is 25.4 Å². The molecule has 0 radical (unpaired) electrons. The van der Waals surface area contributed by atoms with Gasteiger partial charge in [-0.05, 0) is 43.3 Å². The van der Waals surface area contributed by atoms with E-state index in [2.05, 4.69) is 4.90 Å². The first-order valence-electron chi connectivity index (χ1n) is 8.94. The van der Waals surface area contributed by atoms with Gasteiger partial charge in [-0.3, -0.25) is 9.59 Å². The molecule has 6 heteroatoms. The molecular weight excluding hydrogens is 364 g/mol. The van der Waals surface area contributed by atoms with Gasteiger partial charge in [0.25, 0.3) is 11.8 Å². The van der Waals surface area contributed by atoms with E-state index in [4.69, 9.17) is 0 Å². The Kier molecular flexibility index (Phi) is 4.80. The van der Waals surface area contributed by atoms with E-state index in [1.165, 1.54) is 11.3 Å². The number of nitrogens with zero attached hydrogens (tertiary/aromatic N) is 2. The van der Waals surface area contributed by atoms with Crippen LogP contribution in [0, 0.1) is 6.92 Å². The summed E-state index contributed by atoms with van der Waals surface area (Å²) >= 11 is 3.39. The summed E-state index contributed by atoms with van der Waals surface area (Å²) in [5.74, 6) is 1.21. The summed E-state index contributed by atoms with van der Waals surface area (Å²) in [4.78, 5) is 30.3. The van der Waals surface area contributed by atoms with Crippen molar-refractivity contribution < 1.29 is 9.59 Å². The molecule has 2 aliphatic rings. The van der Waals surface area contributed by atoms with E-state index < -0.39 is 0 Å². The van der Waals surface area contributed by atoms with Crippen molar-refractivity contribution >= 4 is 34.9 Å². The van der Waals surface area contributed by atoms with Crippen LogP contribution in [-0.2, 0) is 0 Å². The predicted octanol–water partition coefficient (Wildman–Crippen LogP) is 3.88. The lowest BCUT2D eigenvalue weighted by atomic mass is 10.0. The van der Waals surface area contributed by atoms with E-state index >= 15 is 0 Å². The van der Waals surface area contributed by atoms with Gasteiger partial charge in [0.1, 0.15) is 0 Å². The summed E-state index contributed by atoms with van der Waals surface area (Å²) in [6.07, 6.45) is 1.68. The minimum Gasteiger partial charge on any atom is -0.338 e. The SMILES string of the molecule is Cc1ccc(C(=O)N2CCC3(CC2)SCCN3C(=O)c2cccs2)cc1. The molecule has 136 valence electrons. The largest absolute Gasteiger partial charge is 0.338 e. The summed E-state index contributed by atoms with van der Waals surface area (Å²) in [7, 11) is 0. The molecule has 0 N–H and O–H groups in total. The van der Waals surface area contributed by atoms with Gasteiger partial charge >= 0.3 is 0 Å². The number of carbonyl (C=O) groups excluding carboxylic acids is 2. The predicted molar refractivity (Wildman–Crippen MR) is 107 cm³/mol. The standard InChI is InChI=1S/C20H22N2O2S2/c1-15-4-6-16(7-5-15)18(23)21-10-8-20(9-11-21)22(12-14-26-20)19(24)17-3-2-13-25-17/h2-7,13H,8-12,14H2,1H3. The maximum Gasteiger partial charge on any atom is 0.265 e. The van der Waals surface area contributed by atoms with E-state index in [0.717, 1.165) is 41.1 Å². The molecule has 2 aliphatic heterocycles. The highest BCUT2D eigenvalue weighted by Gasteiger charge is 2.47. The summed E-state index contributed by atoms with van der Waals surface area (Å²) in [6.45, 7) is 4.23. The highest BCUT2D eigenvalue weighted by Crippen LogP contribution is 2.44.